The highest BCUT2D eigenvalue weighted by Gasteiger charge is 2.15. The van der Waals surface area contributed by atoms with E-state index >= 15 is 0 Å². The normalized spacial score (nSPS) is 10.9. The first-order chi connectivity index (χ1) is 12.1. The maximum Gasteiger partial charge on any atom is 0.343 e. The van der Waals surface area contributed by atoms with E-state index in [9.17, 15) is 14.7 Å². The Morgan fingerprint density at radius 3 is 2.60 bits per heavy atom. The molecule has 0 aliphatic heterocycles. The van der Waals surface area contributed by atoms with Gasteiger partial charge in [-0.2, -0.15) is 0 Å². The molecule has 0 unspecified atom stereocenters. The van der Waals surface area contributed by atoms with Gasteiger partial charge < -0.3 is 14.3 Å². The third kappa shape index (κ3) is 2.59. The summed E-state index contributed by atoms with van der Waals surface area (Å²) < 4.78 is 10.9. The second-order valence-electron chi connectivity index (χ2n) is 5.37. The lowest BCUT2D eigenvalue weighted by Crippen LogP contribution is -2.09. The van der Waals surface area contributed by atoms with Crippen LogP contribution in [-0.2, 0) is 0 Å². The molecule has 0 fully saturated rings. The summed E-state index contributed by atoms with van der Waals surface area (Å²) in [6, 6.07) is 12.4. The number of carbonyl (C=O) groups is 1. The Hall–Kier alpha value is -3.67. The fraction of sp³-hybridized carbons (Fsp3) is 0. The predicted molar refractivity (Wildman–Crippen MR) is 90.9 cm³/mol. The van der Waals surface area contributed by atoms with Crippen LogP contribution in [-0.4, -0.2) is 16.1 Å². The van der Waals surface area contributed by atoms with Gasteiger partial charge in [0, 0.05) is 24.5 Å². The molecular weight excluding hydrogens is 322 g/mol. The minimum atomic E-state index is -0.607. The van der Waals surface area contributed by atoms with Crippen LogP contribution in [0.25, 0.3) is 21.9 Å². The third-order valence-electron chi connectivity index (χ3n) is 3.76. The lowest BCUT2D eigenvalue weighted by molar-refractivity contribution is 0.0734. The molecule has 0 atom stereocenters. The topological polar surface area (TPSA) is 89.6 Å². The van der Waals surface area contributed by atoms with Crippen LogP contribution in [0.5, 0.6) is 11.5 Å². The number of hydrogen-bond acceptors (Lipinski definition) is 6. The zero-order valence-electron chi connectivity index (χ0n) is 12.8. The van der Waals surface area contributed by atoms with Gasteiger partial charge in [0.05, 0.1) is 10.9 Å². The molecule has 4 rings (SSSR count). The quantitative estimate of drug-likeness (QED) is 0.344. The minimum absolute atomic E-state index is 0.0439. The highest BCUT2D eigenvalue weighted by molar-refractivity contribution is 5.95. The van der Waals surface area contributed by atoms with Crippen LogP contribution in [0.15, 0.2) is 70.1 Å². The molecule has 6 nitrogen and oxygen atoms in total. The molecule has 1 N–H and O–H groups in total. The first-order valence-electron chi connectivity index (χ1n) is 7.44. The fourth-order valence-electron chi connectivity index (χ4n) is 2.59. The van der Waals surface area contributed by atoms with Crippen LogP contribution in [0, 0.1) is 0 Å². The van der Waals surface area contributed by atoms with E-state index in [1.807, 2.05) is 0 Å². The van der Waals surface area contributed by atoms with Crippen molar-refractivity contribution in [3.8, 4) is 11.5 Å². The van der Waals surface area contributed by atoms with Crippen molar-refractivity contribution in [3.63, 3.8) is 0 Å². The number of phenolic OH excluding ortho intramolecular Hbond substituents is 1. The minimum Gasteiger partial charge on any atom is -0.507 e. The lowest BCUT2D eigenvalue weighted by atomic mass is 10.1. The third-order valence-corrected chi connectivity index (χ3v) is 3.76. The molecular formula is C19H11NO5. The second-order valence-corrected chi connectivity index (χ2v) is 5.37. The molecule has 2 aromatic heterocycles. The van der Waals surface area contributed by atoms with Gasteiger partial charge in [0.25, 0.3) is 0 Å². The molecule has 2 aromatic carbocycles. The summed E-state index contributed by atoms with van der Waals surface area (Å²) in [6.45, 7) is 0. The second kappa shape index (κ2) is 5.76. The molecule has 0 saturated heterocycles. The zero-order valence-corrected chi connectivity index (χ0v) is 12.8. The van der Waals surface area contributed by atoms with E-state index in [0.717, 1.165) is 0 Å². The lowest BCUT2D eigenvalue weighted by Gasteiger charge is -2.07. The molecule has 0 aliphatic rings. The van der Waals surface area contributed by atoms with Crippen LogP contribution < -0.4 is 10.2 Å². The largest absolute Gasteiger partial charge is 0.507 e. The van der Waals surface area contributed by atoms with Crippen molar-refractivity contribution in [3.05, 3.63) is 76.7 Å². The molecule has 0 aliphatic carbocycles. The smallest absolute Gasteiger partial charge is 0.343 e. The van der Waals surface area contributed by atoms with E-state index in [-0.39, 0.29) is 27.9 Å². The summed E-state index contributed by atoms with van der Waals surface area (Å²) in [5.74, 6) is -0.843. The maximum atomic E-state index is 12.5. The van der Waals surface area contributed by atoms with Crippen molar-refractivity contribution in [2.24, 2.45) is 0 Å². The number of aromatic nitrogens is 1. The molecule has 0 spiro atoms. The Bertz CT molecular complexity index is 1160. The first-order valence-corrected chi connectivity index (χ1v) is 7.44. The fourth-order valence-corrected chi connectivity index (χ4v) is 2.59. The summed E-state index contributed by atoms with van der Waals surface area (Å²) >= 11 is 0. The Morgan fingerprint density at radius 1 is 1.04 bits per heavy atom. The number of rotatable bonds is 2. The van der Waals surface area contributed by atoms with Gasteiger partial charge in [-0.1, -0.05) is 12.1 Å². The molecule has 6 heteroatoms. The number of nitrogens with zero attached hydrogens (tertiary/aromatic N) is 1. The van der Waals surface area contributed by atoms with E-state index in [2.05, 4.69) is 4.98 Å². The number of esters is 1. The average molecular weight is 333 g/mol. The van der Waals surface area contributed by atoms with Gasteiger partial charge in [0.1, 0.15) is 28.1 Å². The molecule has 25 heavy (non-hydrogen) atoms. The highest BCUT2D eigenvalue weighted by Crippen LogP contribution is 2.30. The van der Waals surface area contributed by atoms with Crippen molar-refractivity contribution in [1.82, 2.24) is 4.98 Å². The summed E-state index contributed by atoms with van der Waals surface area (Å²) in [7, 11) is 0. The Balaban J connectivity index is 1.83. The van der Waals surface area contributed by atoms with Crippen molar-refractivity contribution >= 4 is 27.9 Å². The van der Waals surface area contributed by atoms with Gasteiger partial charge in [-0.3, -0.25) is 9.78 Å². The standard InChI is InChI=1S/C19H11NO5/c21-14-9-12(24-19(23)11-5-7-20-8-6-11)10-16-17(14)18(22)13-3-1-2-4-15(13)25-16/h1-10,21H. The summed E-state index contributed by atoms with van der Waals surface area (Å²) in [4.78, 5) is 28.5. The van der Waals surface area contributed by atoms with Gasteiger partial charge in [-0.15, -0.1) is 0 Å². The van der Waals surface area contributed by atoms with Crippen LogP contribution in [0.3, 0.4) is 0 Å². The number of aromatic hydroxyl groups is 1. The summed E-state index contributed by atoms with van der Waals surface area (Å²) in [5, 5.41) is 10.6. The van der Waals surface area contributed by atoms with E-state index < -0.39 is 5.97 Å². The summed E-state index contributed by atoms with van der Waals surface area (Å²) in [6.07, 6.45) is 2.94. The summed E-state index contributed by atoms with van der Waals surface area (Å²) in [5.41, 5.74) is 0.495. The Labute approximate surface area is 140 Å². The number of fused-ring (bicyclic) bond motifs is 2. The van der Waals surface area contributed by atoms with Crippen molar-refractivity contribution in [2.75, 3.05) is 0 Å². The highest BCUT2D eigenvalue weighted by atomic mass is 16.5. The number of carbonyl (C=O) groups excluding carboxylic acids is 1. The molecule has 0 amide bonds. The molecule has 122 valence electrons. The van der Waals surface area contributed by atoms with E-state index in [1.165, 1.54) is 36.7 Å². The Morgan fingerprint density at radius 2 is 1.80 bits per heavy atom. The number of benzene rings is 2. The van der Waals surface area contributed by atoms with Crippen LogP contribution in [0.1, 0.15) is 10.4 Å². The number of phenols is 1. The maximum absolute atomic E-state index is 12.5. The van der Waals surface area contributed by atoms with Gasteiger partial charge in [0.2, 0.25) is 5.43 Å². The van der Waals surface area contributed by atoms with Crippen molar-refractivity contribution < 1.29 is 19.1 Å². The number of hydrogen-bond donors (Lipinski definition) is 1. The van der Waals surface area contributed by atoms with E-state index in [1.54, 1.807) is 24.3 Å². The SMILES string of the molecule is O=C(Oc1cc(O)c2c(=O)c3ccccc3oc2c1)c1ccncc1. The predicted octanol–water partition coefficient (Wildman–Crippen LogP) is 3.27. The number of ether oxygens (including phenoxy) is 1. The van der Waals surface area contributed by atoms with Crippen molar-refractivity contribution in [1.29, 1.82) is 0 Å². The van der Waals surface area contributed by atoms with Gasteiger partial charge in [0.15, 0.2) is 0 Å². The van der Waals surface area contributed by atoms with Crippen LogP contribution in [0.2, 0.25) is 0 Å². The first kappa shape index (κ1) is 14.9. The Kier molecular flexibility index (Phi) is 3.43. The van der Waals surface area contributed by atoms with Crippen molar-refractivity contribution in [2.45, 2.75) is 0 Å². The van der Waals surface area contributed by atoms with Crippen LogP contribution in [0.4, 0.5) is 0 Å². The molecule has 2 heterocycles. The van der Waals surface area contributed by atoms with Gasteiger partial charge in [-0.25, -0.2) is 4.79 Å². The number of pyridine rings is 1. The van der Waals surface area contributed by atoms with Gasteiger partial charge in [-0.05, 0) is 24.3 Å². The van der Waals surface area contributed by atoms with Gasteiger partial charge >= 0.3 is 5.97 Å². The number of para-hydroxylation sites is 1. The molecule has 0 bridgehead atoms. The average Bonchev–Trinajstić information content (AvgIpc) is 2.62. The van der Waals surface area contributed by atoms with E-state index in [4.69, 9.17) is 9.15 Å². The zero-order chi connectivity index (χ0) is 17.4. The van der Waals surface area contributed by atoms with E-state index in [0.29, 0.717) is 16.5 Å². The monoisotopic (exact) mass is 333 g/mol. The molecule has 4 aromatic rings. The molecule has 0 saturated carbocycles. The molecule has 0 radical (unpaired) electrons. The van der Waals surface area contributed by atoms with Crippen LogP contribution >= 0.6 is 0 Å².